The maximum absolute atomic E-state index is 12.0. The van der Waals surface area contributed by atoms with Crippen molar-refractivity contribution in [1.29, 1.82) is 0 Å². The van der Waals surface area contributed by atoms with Crippen LogP contribution in [0.25, 0.3) is 0 Å². The minimum atomic E-state index is -0.884. The summed E-state index contributed by atoms with van der Waals surface area (Å²) in [4.78, 5) is 0.871. The molecule has 15 heavy (non-hydrogen) atoms. The number of benzene rings is 1. The molecule has 0 heterocycles. The molecule has 2 rings (SSSR count). The van der Waals surface area contributed by atoms with Gasteiger partial charge >= 0.3 is 0 Å². The van der Waals surface area contributed by atoms with Crippen molar-refractivity contribution in [3.05, 3.63) is 22.7 Å². The van der Waals surface area contributed by atoms with Gasteiger partial charge in [-0.05, 0) is 52.9 Å². The molecule has 0 spiro atoms. The molecule has 0 aromatic heterocycles. The molecule has 1 unspecified atom stereocenters. The van der Waals surface area contributed by atoms with Gasteiger partial charge in [0.25, 0.3) is 0 Å². The van der Waals surface area contributed by atoms with Crippen LogP contribution < -0.4 is 5.73 Å². The molecule has 1 saturated carbocycles. The standard InChI is InChI=1S/C11H14BrNOS/c12-10-6-9(13)4-5-11(10)15(14)7-8-2-1-3-8/h4-6,8H,1-3,7,13H2. The highest BCUT2D eigenvalue weighted by Crippen LogP contribution is 2.30. The third-order valence-corrected chi connectivity index (χ3v) is 5.35. The van der Waals surface area contributed by atoms with E-state index in [1.165, 1.54) is 19.3 Å². The molecule has 1 atom stereocenters. The van der Waals surface area contributed by atoms with Gasteiger partial charge in [0.2, 0.25) is 0 Å². The van der Waals surface area contributed by atoms with Crippen LogP contribution in [0.15, 0.2) is 27.6 Å². The van der Waals surface area contributed by atoms with Crippen molar-refractivity contribution >= 4 is 32.4 Å². The monoisotopic (exact) mass is 287 g/mol. The fraction of sp³-hybridized carbons (Fsp3) is 0.455. The van der Waals surface area contributed by atoms with E-state index < -0.39 is 10.8 Å². The highest BCUT2D eigenvalue weighted by atomic mass is 79.9. The fourth-order valence-corrected chi connectivity index (χ4v) is 4.04. The number of nitrogens with two attached hydrogens (primary N) is 1. The van der Waals surface area contributed by atoms with Crippen molar-refractivity contribution in [3.8, 4) is 0 Å². The van der Waals surface area contributed by atoms with E-state index in [4.69, 9.17) is 5.73 Å². The predicted molar refractivity (Wildman–Crippen MR) is 67.2 cm³/mol. The SMILES string of the molecule is Nc1ccc(S(=O)CC2CCC2)c(Br)c1. The fourth-order valence-electron chi connectivity index (χ4n) is 1.67. The van der Waals surface area contributed by atoms with Gasteiger partial charge in [0, 0.05) is 15.9 Å². The Morgan fingerprint density at radius 1 is 1.47 bits per heavy atom. The zero-order chi connectivity index (χ0) is 10.8. The van der Waals surface area contributed by atoms with E-state index in [0.29, 0.717) is 11.6 Å². The van der Waals surface area contributed by atoms with E-state index in [1.54, 1.807) is 6.07 Å². The summed E-state index contributed by atoms with van der Waals surface area (Å²) in [6, 6.07) is 5.47. The first kappa shape index (κ1) is 11.1. The summed E-state index contributed by atoms with van der Waals surface area (Å²) in [7, 11) is -0.884. The molecule has 4 heteroatoms. The van der Waals surface area contributed by atoms with E-state index in [0.717, 1.165) is 15.1 Å². The van der Waals surface area contributed by atoms with Gasteiger partial charge in [-0.15, -0.1) is 0 Å². The molecule has 1 aromatic carbocycles. The van der Waals surface area contributed by atoms with Crippen LogP contribution in [-0.4, -0.2) is 9.96 Å². The predicted octanol–water partition coefficient (Wildman–Crippen LogP) is 2.94. The van der Waals surface area contributed by atoms with Gasteiger partial charge in [-0.3, -0.25) is 4.21 Å². The Balaban J connectivity index is 2.10. The third kappa shape index (κ3) is 2.61. The molecule has 0 bridgehead atoms. The summed E-state index contributed by atoms with van der Waals surface area (Å²) < 4.78 is 12.9. The van der Waals surface area contributed by atoms with Crippen molar-refractivity contribution in [2.75, 3.05) is 11.5 Å². The topological polar surface area (TPSA) is 43.1 Å². The lowest BCUT2D eigenvalue weighted by Gasteiger charge is -2.24. The van der Waals surface area contributed by atoms with Crippen molar-refractivity contribution in [3.63, 3.8) is 0 Å². The van der Waals surface area contributed by atoms with Crippen molar-refractivity contribution in [1.82, 2.24) is 0 Å². The number of rotatable bonds is 3. The second kappa shape index (κ2) is 4.66. The Morgan fingerprint density at radius 3 is 2.73 bits per heavy atom. The second-order valence-electron chi connectivity index (χ2n) is 4.00. The molecule has 1 fully saturated rings. The largest absolute Gasteiger partial charge is 0.399 e. The minimum absolute atomic E-state index is 0.662. The average Bonchev–Trinajstić information content (AvgIpc) is 2.11. The summed E-state index contributed by atoms with van der Waals surface area (Å²) >= 11 is 3.40. The molecular weight excluding hydrogens is 274 g/mol. The lowest BCUT2D eigenvalue weighted by molar-refractivity contribution is 0.350. The van der Waals surface area contributed by atoms with Gasteiger partial charge in [0.1, 0.15) is 0 Å². The lowest BCUT2D eigenvalue weighted by Crippen LogP contribution is -2.18. The van der Waals surface area contributed by atoms with Crippen LogP contribution in [0.3, 0.4) is 0 Å². The Hall–Kier alpha value is -0.350. The van der Waals surface area contributed by atoms with Gasteiger partial charge in [0.15, 0.2) is 0 Å². The van der Waals surface area contributed by atoms with Crippen LogP contribution in [0.2, 0.25) is 0 Å². The number of anilines is 1. The van der Waals surface area contributed by atoms with E-state index in [1.807, 2.05) is 12.1 Å². The number of halogens is 1. The van der Waals surface area contributed by atoms with E-state index >= 15 is 0 Å². The van der Waals surface area contributed by atoms with Crippen LogP contribution >= 0.6 is 15.9 Å². The van der Waals surface area contributed by atoms with Crippen LogP contribution in [0.4, 0.5) is 5.69 Å². The highest BCUT2D eigenvalue weighted by Gasteiger charge is 2.21. The molecular formula is C11H14BrNOS. The molecule has 0 saturated heterocycles. The smallest absolute Gasteiger partial charge is 0.0543 e. The van der Waals surface area contributed by atoms with Crippen LogP contribution in [-0.2, 0) is 10.8 Å². The van der Waals surface area contributed by atoms with Crippen LogP contribution in [0.1, 0.15) is 19.3 Å². The Kier molecular flexibility index (Phi) is 3.46. The molecule has 2 N–H and O–H groups in total. The van der Waals surface area contributed by atoms with Crippen LogP contribution in [0, 0.1) is 5.92 Å². The van der Waals surface area contributed by atoms with Crippen molar-refractivity contribution in [2.45, 2.75) is 24.2 Å². The second-order valence-corrected chi connectivity index (χ2v) is 6.32. The highest BCUT2D eigenvalue weighted by molar-refractivity contribution is 9.10. The normalized spacial score (nSPS) is 18.5. The van der Waals surface area contributed by atoms with Crippen molar-refractivity contribution in [2.24, 2.45) is 5.92 Å². The number of nitrogen functional groups attached to an aromatic ring is 1. The Bertz CT molecular complexity index is 390. The average molecular weight is 288 g/mol. The number of hydrogen-bond acceptors (Lipinski definition) is 2. The van der Waals surface area contributed by atoms with Gasteiger partial charge in [-0.25, -0.2) is 0 Å². The quantitative estimate of drug-likeness (QED) is 0.869. The molecule has 1 aliphatic carbocycles. The van der Waals surface area contributed by atoms with Gasteiger partial charge in [0.05, 0.1) is 15.7 Å². The van der Waals surface area contributed by atoms with Crippen LogP contribution in [0.5, 0.6) is 0 Å². The Labute approximate surface area is 101 Å². The van der Waals surface area contributed by atoms with E-state index in [9.17, 15) is 4.21 Å². The number of hydrogen-bond donors (Lipinski definition) is 1. The zero-order valence-corrected chi connectivity index (χ0v) is 10.8. The van der Waals surface area contributed by atoms with E-state index in [2.05, 4.69) is 15.9 Å². The maximum Gasteiger partial charge on any atom is 0.0543 e. The summed E-state index contributed by atoms with van der Waals surface area (Å²) in [5.74, 6) is 1.46. The molecule has 1 aliphatic rings. The third-order valence-electron chi connectivity index (χ3n) is 2.81. The van der Waals surface area contributed by atoms with E-state index in [-0.39, 0.29) is 0 Å². The lowest BCUT2D eigenvalue weighted by atomic mass is 9.87. The summed E-state index contributed by atoms with van der Waals surface area (Å²) in [5, 5.41) is 0. The van der Waals surface area contributed by atoms with Gasteiger partial charge < -0.3 is 5.73 Å². The Morgan fingerprint density at radius 2 is 2.20 bits per heavy atom. The molecule has 0 radical (unpaired) electrons. The zero-order valence-electron chi connectivity index (χ0n) is 8.41. The first-order valence-corrected chi connectivity index (χ1v) is 7.21. The first-order valence-electron chi connectivity index (χ1n) is 5.10. The molecule has 0 aliphatic heterocycles. The van der Waals surface area contributed by atoms with Crippen molar-refractivity contribution < 1.29 is 4.21 Å². The van der Waals surface area contributed by atoms with Gasteiger partial charge in [-0.1, -0.05) is 6.42 Å². The summed E-state index contributed by atoms with van der Waals surface area (Å²) in [6.07, 6.45) is 3.77. The van der Waals surface area contributed by atoms with Gasteiger partial charge in [-0.2, -0.15) is 0 Å². The molecule has 2 nitrogen and oxygen atoms in total. The molecule has 82 valence electrons. The summed E-state index contributed by atoms with van der Waals surface area (Å²) in [6.45, 7) is 0. The minimum Gasteiger partial charge on any atom is -0.399 e. The first-order chi connectivity index (χ1) is 7.16. The molecule has 1 aromatic rings. The maximum atomic E-state index is 12.0. The summed E-state index contributed by atoms with van der Waals surface area (Å²) in [5.41, 5.74) is 6.34. The molecule has 0 amide bonds.